The molecule has 2 rings (SSSR count). The van der Waals surface area contributed by atoms with Gasteiger partial charge in [-0.1, -0.05) is 17.7 Å². The van der Waals surface area contributed by atoms with Crippen LogP contribution in [-0.4, -0.2) is 0 Å². The Kier molecular flexibility index (Phi) is 1.91. The molecule has 0 N–H and O–H groups in total. The van der Waals surface area contributed by atoms with E-state index in [0.29, 0.717) is 5.56 Å². The van der Waals surface area contributed by atoms with Gasteiger partial charge in [-0.25, -0.2) is 4.39 Å². The van der Waals surface area contributed by atoms with Gasteiger partial charge in [-0.15, -0.1) is 0 Å². The monoisotopic (exact) mass is 219 g/mol. The Bertz CT molecular complexity index is 621. The highest BCUT2D eigenvalue weighted by molar-refractivity contribution is 5.61. The molecule has 2 heteroatoms. The maximum atomic E-state index is 13.1. The topological polar surface area (TPSA) is 3.88 Å². The molecule has 0 unspecified atom stereocenters. The smallest absolute Gasteiger partial charge is 0.200 e. The molecule has 0 atom stereocenters. The Morgan fingerprint density at radius 3 is 2.69 bits per heavy atom. The van der Waals surface area contributed by atoms with Crippen LogP contribution in [0.25, 0.3) is 11.3 Å². The molecule has 16 heavy (non-hydrogen) atoms. The molecule has 1 nitrogen and oxygen atoms in total. The molecule has 0 fully saturated rings. The molecule has 1 aromatic heterocycles. The number of benzene rings is 1. The van der Waals surface area contributed by atoms with E-state index in [1.54, 1.807) is 35.9 Å². The standard InChI is InChI=1S/C14H15FN/c1-10-4-6-13(11(2)8-10)14-7-5-12(15)9-16(14)3/h4-9H,1-3H3/q+1/i1D3. The van der Waals surface area contributed by atoms with Crippen molar-refractivity contribution in [3.05, 3.63) is 53.5 Å². The Labute approximate surface area is 99.4 Å². The molecule has 0 aliphatic carbocycles. The van der Waals surface area contributed by atoms with E-state index in [1.165, 1.54) is 12.3 Å². The fourth-order valence-corrected chi connectivity index (χ4v) is 1.80. The first-order valence-electron chi connectivity index (χ1n) is 6.56. The maximum absolute atomic E-state index is 13.1. The van der Waals surface area contributed by atoms with E-state index >= 15 is 0 Å². The number of hydrogen-bond acceptors (Lipinski definition) is 0. The Morgan fingerprint density at radius 2 is 2.06 bits per heavy atom. The average Bonchev–Trinajstić information content (AvgIpc) is 2.28. The van der Waals surface area contributed by atoms with E-state index in [9.17, 15) is 4.39 Å². The van der Waals surface area contributed by atoms with E-state index in [4.69, 9.17) is 4.11 Å². The summed E-state index contributed by atoms with van der Waals surface area (Å²) >= 11 is 0. The quantitative estimate of drug-likeness (QED) is 0.649. The zero-order valence-electron chi connectivity index (χ0n) is 12.3. The maximum Gasteiger partial charge on any atom is 0.212 e. The fourth-order valence-electron chi connectivity index (χ4n) is 1.80. The summed E-state index contributed by atoms with van der Waals surface area (Å²) in [5.74, 6) is -0.303. The second-order valence-corrected chi connectivity index (χ2v) is 3.87. The van der Waals surface area contributed by atoms with Crippen molar-refractivity contribution in [2.45, 2.75) is 13.8 Å². The molecular weight excluding hydrogens is 201 g/mol. The summed E-state index contributed by atoms with van der Waals surface area (Å²) in [5, 5.41) is 0. The lowest BCUT2D eigenvalue weighted by Crippen LogP contribution is -2.31. The van der Waals surface area contributed by atoms with Gasteiger partial charge in [0.1, 0.15) is 7.05 Å². The third-order valence-electron chi connectivity index (χ3n) is 2.60. The molecule has 0 aliphatic rings. The first kappa shape index (κ1) is 7.55. The van der Waals surface area contributed by atoms with Gasteiger partial charge in [0.2, 0.25) is 11.9 Å². The number of halogens is 1. The van der Waals surface area contributed by atoms with Gasteiger partial charge in [0.05, 0.1) is 0 Å². The largest absolute Gasteiger partial charge is 0.212 e. The summed E-state index contributed by atoms with van der Waals surface area (Å²) in [6.07, 6.45) is 1.40. The molecule has 0 aliphatic heterocycles. The number of rotatable bonds is 1. The second kappa shape index (κ2) is 4.05. The van der Waals surface area contributed by atoms with Crippen LogP contribution >= 0.6 is 0 Å². The van der Waals surface area contributed by atoms with Gasteiger partial charge in [-0.05, 0) is 31.5 Å². The predicted octanol–water partition coefficient (Wildman–Crippen LogP) is 2.93. The van der Waals surface area contributed by atoms with Crippen LogP contribution in [0.5, 0.6) is 0 Å². The van der Waals surface area contributed by atoms with Crippen molar-refractivity contribution in [1.29, 1.82) is 0 Å². The van der Waals surface area contributed by atoms with Crippen molar-refractivity contribution in [1.82, 2.24) is 0 Å². The molecular formula is C14H15FN+. The van der Waals surface area contributed by atoms with Gasteiger partial charge >= 0.3 is 0 Å². The number of pyridine rings is 1. The Hall–Kier alpha value is -1.70. The summed E-state index contributed by atoms with van der Waals surface area (Å²) in [4.78, 5) is 0. The minimum absolute atomic E-state index is 0.303. The first-order valence-corrected chi connectivity index (χ1v) is 5.06. The molecule has 0 radical (unpaired) electrons. The summed E-state index contributed by atoms with van der Waals surface area (Å²) in [6, 6.07) is 8.10. The third kappa shape index (κ3) is 1.96. The molecule has 0 saturated carbocycles. The van der Waals surface area contributed by atoms with Crippen LogP contribution in [0.2, 0.25) is 0 Å². The van der Waals surface area contributed by atoms with Crippen LogP contribution < -0.4 is 4.57 Å². The molecule has 2 aromatic rings. The summed E-state index contributed by atoms with van der Waals surface area (Å²) < 4.78 is 37.0. The third-order valence-corrected chi connectivity index (χ3v) is 2.60. The number of aromatic nitrogens is 1. The van der Waals surface area contributed by atoms with Gasteiger partial charge < -0.3 is 0 Å². The highest BCUT2D eigenvalue weighted by Gasteiger charge is 2.12. The lowest BCUT2D eigenvalue weighted by molar-refractivity contribution is -0.661. The van der Waals surface area contributed by atoms with E-state index in [-0.39, 0.29) is 5.82 Å². The number of nitrogens with zero attached hydrogens (tertiary/aromatic N) is 1. The van der Waals surface area contributed by atoms with Crippen molar-refractivity contribution in [3.63, 3.8) is 0 Å². The number of aryl methyl sites for hydroxylation is 3. The van der Waals surface area contributed by atoms with Gasteiger partial charge in [-0.2, -0.15) is 4.57 Å². The van der Waals surface area contributed by atoms with Crippen LogP contribution in [0, 0.1) is 19.6 Å². The Morgan fingerprint density at radius 1 is 1.25 bits per heavy atom. The molecule has 0 spiro atoms. The molecule has 1 aromatic carbocycles. The summed E-state index contributed by atoms with van der Waals surface area (Å²) in [7, 11) is 1.76. The van der Waals surface area contributed by atoms with Crippen molar-refractivity contribution in [2.24, 2.45) is 7.05 Å². The van der Waals surface area contributed by atoms with Gasteiger partial charge in [0.15, 0.2) is 5.82 Å². The van der Waals surface area contributed by atoms with E-state index in [0.717, 1.165) is 16.8 Å². The van der Waals surface area contributed by atoms with Crippen LogP contribution in [-0.2, 0) is 7.05 Å². The normalized spacial score (nSPS) is 14.1. The zero-order chi connectivity index (χ0) is 14.2. The van der Waals surface area contributed by atoms with Crippen LogP contribution in [0.3, 0.4) is 0 Å². The average molecular weight is 219 g/mol. The second-order valence-electron chi connectivity index (χ2n) is 3.87. The van der Waals surface area contributed by atoms with Gasteiger partial charge in [0, 0.05) is 15.7 Å². The van der Waals surface area contributed by atoms with Crippen molar-refractivity contribution < 1.29 is 13.1 Å². The molecule has 0 amide bonds. The summed E-state index contributed by atoms with van der Waals surface area (Å²) in [6.45, 7) is -0.248. The van der Waals surface area contributed by atoms with Crippen molar-refractivity contribution in [3.8, 4) is 11.3 Å². The zero-order valence-corrected chi connectivity index (χ0v) is 9.29. The lowest BCUT2D eigenvalue weighted by Gasteiger charge is -2.05. The summed E-state index contributed by atoms with van der Waals surface area (Å²) in [5.41, 5.74) is 2.92. The predicted molar refractivity (Wildman–Crippen MR) is 62.5 cm³/mol. The Balaban J connectivity index is 2.52. The minimum atomic E-state index is -2.10. The van der Waals surface area contributed by atoms with E-state index in [1.807, 2.05) is 6.92 Å². The van der Waals surface area contributed by atoms with Crippen molar-refractivity contribution in [2.75, 3.05) is 0 Å². The SMILES string of the molecule is [2H]C([2H])([2H])c1ccc(-c2ccc(F)c[n+]2C)c(C)c1. The lowest BCUT2D eigenvalue weighted by atomic mass is 10.0. The molecule has 0 bridgehead atoms. The highest BCUT2D eigenvalue weighted by atomic mass is 19.1. The number of hydrogen-bond donors (Lipinski definition) is 0. The van der Waals surface area contributed by atoms with Crippen molar-refractivity contribution >= 4 is 0 Å². The molecule has 1 heterocycles. The molecule has 82 valence electrons. The fraction of sp³-hybridized carbons (Fsp3) is 0.214. The van der Waals surface area contributed by atoms with Gasteiger partial charge in [0.25, 0.3) is 0 Å². The van der Waals surface area contributed by atoms with Crippen LogP contribution in [0.1, 0.15) is 15.2 Å². The van der Waals surface area contributed by atoms with E-state index < -0.39 is 6.85 Å². The molecule has 0 saturated heterocycles. The highest BCUT2D eigenvalue weighted by Crippen LogP contribution is 2.21. The minimum Gasteiger partial charge on any atom is -0.200 e. The van der Waals surface area contributed by atoms with Crippen LogP contribution in [0.15, 0.2) is 36.5 Å². The van der Waals surface area contributed by atoms with Gasteiger partial charge in [-0.3, -0.25) is 0 Å². The van der Waals surface area contributed by atoms with E-state index in [2.05, 4.69) is 0 Å². The first-order chi connectivity index (χ1) is 8.79. The van der Waals surface area contributed by atoms with Crippen LogP contribution in [0.4, 0.5) is 4.39 Å².